The van der Waals surface area contributed by atoms with E-state index in [4.69, 9.17) is 28.4 Å². The third-order valence-electron chi connectivity index (χ3n) is 11.1. The summed E-state index contributed by atoms with van der Waals surface area (Å²) < 4.78 is 56.5. The van der Waals surface area contributed by atoms with E-state index in [-0.39, 0.29) is 52.2 Å². The van der Waals surface area contributed by atoms with Crippen molar-refractivity contribution in [2.45, 2.75) is 108 Å². The summed E-state index contributed by atoms with van der Waals surface area (Å²) in [4.78, 5) is 21.0. The predicted octanol–water partition coefficient (Wildman–Crippen LogP) is 8.70. The van der Waals surface area contributed by atoms with E-state index < -0.39 is 40.9 Å². The van der Waals surface area contributed by atoms with Crippen molar-refractivity contribution in [3.63, 3.8) is 0 Å². The molecule has 0 radical (unpaired) electrons. The monoisotopic (exact) mass is 844 g/mol. The van der Waals surface area contributed by atoms with Crippen LogP contribution in [-0.2, 0) is 37.4 Å². The lowest BCUT2D eigenvalue weighted by Crippen LogP contribution is -2.30. The number of aliphatic hydroxyl groups is 1. The number of hydrogen-bond donors (Lipinski definition) is 1. The van der Waals surface area contributed by atoms with Gasteiger partial charge in [0.05, 0.1) is 19.3 Å². The van der Waals surface area contributed by atoms with E-state index in [1.54, 1.807) is 10.9 Å². The molecule has 2 aliphatic rings. The summed E-state index contributed by atoms with van der Waals surface area (Å²) >= 11 is 0. The summed E-state index contributed by atoms with van der Waals surface area (Å²) in [6.45, 7) is 12.8. The van der Waals surface area contributed by atoms with Gasteiger partial charge in [-0.3, -0.25) is 4.57 Å². The molecule has 0 spiro atoms. The van der Waals surface area contributed by atoms with Crippen LogP contribution in [0.15, 0.2) is 119 Å². The topological polar surface area (TPSA) is 150 Å². The van der Waals surface area contributed by atoms with Gasteiger partial charge in [-0.25, -0.2) is 9.98 Å². The van der Waals surface area contributed by atoms with E-state index in [1.807, 2.05) is 136 Å². The van der Waals surface area contributed by atoms with Crippen molar-refractivity contribution < 1.29 is 31.9 Å². The SMILES string of the molecule is CC(C)c1cc(C(C)C)c(S(=O)(=O)Oc2nc(/N=C/N(Cc3ccccc3)Cc3ccccc3)nc3c2ncn3[C@@H]2O[C@H](CO)[C@H]3OC(c4ccccc4)O[C@H]32)c(C(C)C)c1. The summed E-state index contributed by atoms with van der Waals surface area (Å²) in [6, 6.07) is 33.5. The largest absolute Gasteiger partial charge is 0.394 e. The maximum atomic E-state index is 14.8. The molecular formula is C47H52N6O7S. The van der Waals surface area contributed by atoms with Crippen molar-refractivity contribution in [3.05, 3.63) is 143 Å². The minimum atomic E-state index is -4.51. The first-order valence-corrected chi connectivity index (χ1v) is 22.2. The smallest absolute Gasteiger partial charge is 0.341 e. The molecule has 0 amide bonds. The van der Waals surface area contributed by atoms with Crippen LogP contribution in [0, 0.1) is 0 Å². The van der Waals surface area contributed by atoms with Gasteiger partial charge in [-0.15, -0.1) is 0 Å². The van der Waals surface area contributed by atoms with Crippen LogP contribution in [0.2, 0.25) is 0 Å². The molecule has 14 heteroatoms. The fourth-order valence-electron chi connectivity index (χ4n) is 7.89. The molecule has 4 aromatic carbocycles. The zero-order valence-electron chi connectivity index (χ0n) is 35.2. The van der Waals surface area contributed by atoms with Crippen LogP contribution in [0.1, 0.15) is 105 Å². The standard InChI is InChI=1S/C47H52N6O7S/c1-29(2)35-22-36(30(3)4)42(37(23-35)31(5)6)61(55,56)60-44-39-43(50-47(51-44)49-27-52(24-32-16-10-7-11-17-32)25-33-18-12-8-13-19-33)53(28-48-39)45-41-40(38(26-54)57-45)58-46(59-41)34-20-14-9-15-21-34/h7-23,27-31,38,40-41,45-46,54H,24-26H2,1-6H3/b49-27+/t38-,40-,41-,45-,46?/m1/s1. The van der Waals surface area contributed by atoms with E-state index in [0.29, 0.717) is 24.2 Å². The molecular weight excluding hydrogens is 793 g/mol. The molecule has 13 nitrogen and oxygen atoms in total. The maximum Gasteiger partial charge on any atom is 0.341 e. The van der Waals surface area contributed by atoms with Gasteiger partial charge in [-0.05, 0) is 45.6 Å². The van der Waals surface area contributed by atoms with Crippen molar-refractivity contribution in [1.29, 1.82) is 0 Å². The summed E-state index contributed by atoms with van der Waals surface area (Å²) in [5, 5.41) is 10.4. The lowest BCUT2D eigenvalue weighted by Gasteiger charge is -2.22. The molecule has 6 aromatic rings. The molecule has 61 heavy (non-hydrogen) atoms. The van der Waals surface area contributed by atoms with Gasteiger partial charge >= 0.3 is 10.1 Å². The second-order valence-corrected chi connectivity index (χ2v) is 18.0. The number of nitrogens with zero attached hydrogens (tertiary/aromatic N) is 6. The minimum absolute atomic E-state index is 0.0621. The number of aliphatic imine (C=N–C) groups is 1. The molecule has 2 fully saturated rings. The van der Waals surface area contributed by atoms with Gasteiger partial charge in [-0.2, -0.15) is 18.4 Å². The number of ether oxygens (including phenoxy) is 3. The fraction of sp³-hybridized carbons (Fsp3) is 0.362. The van der Waals surface area contributed by atoms with Crippen molar-refractivity contribution >= 4 is 33.6 Å². The summed E-state index contributed by atoms with van der Waals surface area (Å²) in [5.41, 5.74) is 5.60. The van der Waals surface area contributed by atoms with Gasteiger partial charge in [0.2, 0.25) is 0 Å². The Morgan fingerprint density at radius 3 is 1.92 bits per heavy atom. The van der Waals surface area contributed by atoms with E-state index in [9.17, 15) is 13.5 Å². The normalized spacial score (nSPS) is 20.4. The Hall–Kier alpha value is -5.51. The summed E-state index contributed by atoms with van der Waals surface area (Å²) in [5.74, 6) is -0.426. The highest BCUT2D eigenvalue weighted by molar-refractivity contribution is 7.87. The van der Waals surface area contributed by atoms with Crippen LogP contribution >= 0.6 is 0 Å². The zero-order valence-corrected chi connectivity index (χ0v) is 36.0. The highest BCUT2D eigenvalue weighted by atomic mass is 32.2. The number of benzene rings is 4. The van der Waals surface area contributed by atoms with Crippen LogP contribution in [0.5, 0.6) is 5.88 Å². The molecule has 0 saturated carbocycles. The molecule has 318 valence electrons. The number of hydrogen-bond acceptors (Lipinski definition) is 11. The van der Waals surface area contributed by atoms with Gasteiger partial charge in [0.15, 0.2) is 23.7 Å². The van der Waals surface area contributed by atoms with Crippen LogP contribution in [0.25, 0.3) is 11.2 Å². The molecule has 2 aromatic heterocycles. The summed E-state index contributed by atoms with van der Waals surface area (Å²) in [7, 11) is -4.51. The van der Waals surface area contributed by atoms with Crippen molar-refractivity contribution in [1.82, 2.24) is 24.4 Å². The van der Waals surface area contributed by atoms with Gasteiger partial charge in [0.1, 0.15) is 23.2 Å². The third kappa shape index (κ3) is 8.95. The Balaban J connectivity index is 1.23. The van der Waals surface area contributed by atoms with Gasteiger partial charge < -0.3 is 28.4 Å². The van der Waals surface area contributed by atoms with Gasteiger partial charge in [0, 0.05) is 18.7 Å². The average Bonchev–Trinajstić information content (AvgIpc) is 3.97. The second-order valence-electron chi connectivity index (χ2n) is 16.5. The Morgan fingerprint density at radius 1 is 0.787 bits per heavy atom. The van der Waals surface area contributed by atoms with E-state index in [1.165, 1.54) is 6.33 Å². The highest BCUT2D eigenvalue weighted by Crippen LogP contribution is 2.45. The summed E-state index contributed by atoms with van der Waals surface area (Å²) in [6.07, 6.45) is -0.439. The number of rotatable bonds is 15. The van der Waals surface area contributed by atoms with E-state index in [0.717, 1.165) is 22.3 Å². The lowest BCUT2D eigenvalue weighted by molar-refractivity contribution is -0.153. The first-order chi connectivity index (χ1) is 29.4. The first kappa shape index (κ1) is 42.2. The van der Waals surface area contributed by atoms with E-state index >= 15 is 0 Å². The molecule has 4 heterocycles. The molecule has 2 aliphatic heterocycles. The molecule has 2 saturated heterocycles. The van der Waals surface area contributed by atoms with Gasteiger partial charge in [0.25, 0.3) is 11.8 Å². The van der Waals surface area contributed by atoms with Gasteiger partial charge in [-0.1, -0.05) is 145 Å². The number of imidazole rings is 1. The Labute approximate surface area is 357 Å². The molecule has 0 aliphatic carbocycles. The van der Waals surface area contributed by atoms with Crippen molar-refractivity contribution in [3.8, 4) is 5.88 Å². The zero-order chi connectivity index (χ0) is 42.8. The number of fused-ring (bicyclic) bond motifs is 2. The highest BCUT2D eigenvalue weighted by Gasteiger charge is 2.54. The molecule has 8 rings (SSSR count). The Kier molecular flexibility index (Phi) is 12.3. The van der Waals surface area contributed by atoms with Crippen molar-refractivity contribution in [2.75, 3.05) is 6.61 Å². The number of aromatic nitrogens is 4. The second kappa shape index (κ2) is 17.8. The maximum absolute atomic E-state index is 14.8. The lowest BCUT2D eigenvalue weighted by atomic mass is 9.89. The first-order valence-electron chi connectivity index (χ1n) is 20.7. The third-order valence-corrected chi connectivity index (χ3v) is 12.4. The molecule has 5 atom stereocenters. The van der Waals surface area contributed by atoms with Crippen LogP contribution in [0.4, 0.5) is 5.95 Å². The van der Waals surface area contributed by atoms with Crippen molar-refractivity contribution in [2.24, 2.45) is 4.99 Å². The molecule has 1 unspecified atom stereocenters. The fourth-order valence-corrected chi connectivity index (χ4v) is 9.46. The molecule has 1 N–H and O–H groups in total. The quantitative estimate of drug-likeness (QED) is 0.0601. The van der Waals surface area contributed by atoms with Crippen LogP contribution < -0.4 is 4.18 Å². The number of aliphatic hydroxyl groups excluding tert-OH is 1. The predicted molar refractivity (Wildman–Crippen MR) is 232 cm³/mol. The Bertz CT molecular complexity index is 2520. The van der Waals surface area contributed by atoms with E-state index in [2.05, 4.69) is 23.8 Å². The Morgan fingerprint density at radius 2 is 1.36 bits per heavy atom. The minimum Gasteiger partial charge on any atom is -0.394 e. The molecule has 0 bridgehead atoms. The van der Waals surface area contributed by atoms with Crippen LogP contribution in [-0.4, -0.2) is 69.2 Å². The average molecular weight is 845 g/mol. The van der Waals surface area contributed by atoms with Crippen LogP contribution in [0.3, 0.4) is 0 Å².